The summed E-state index contributed by atoms with van der Waals surface area (Å²) in [5, 5.41) is 0. The van der Waals surface area contributed by atoms with E-state index in [9.17, 15) is 0 Å². The Morgan fingerprint density at radius 1 is 1.18 bits per heavy atom. The molecule has 4 atom stereocenters. The van der Waals surface area contributed by atoms with Crippen molar-refractivity contribution in [3.05, 3.63) is 0 Å². The van der Waals surface area contributed by atoms with E-state index in [1.165, 1.54) is 19.3 Å². The van der Waals surface area contributed by atoms with Crippen molar-refractivity contribution in [2.45, 2.75) is 46.0 Å². The molecule has 0 aliphatic heterocycles. The summed E-state index contributed by atoms with van der Waals surface area (Å²) in [5.41, 5.74) is 0. The van der Waals surface area contributed by atoms with Crippen molar-refractivity contribution in [3.63, 3.8) is 0 Å². The molecule has 0 aromatic carbocycles. The quantitative estimate of drug-likeness (QED) is 0.568. The Kier molecular flexibility index (Phi) is 1.95. The van der Waals surface area contributed by atoms with Crippen LogP contribution in [0.25, 0.3) is 0 Å². The van der Waals surface area contributed by atoms with Gasteiger partial charge < -0.3 is 0 Å². The number of hydrogen-bond acceptors (Lipinski definition) is 0. The van der Waals surface area contributed by atoms with Crippen molar-refractivity contribution >= 4 is 0 Å². The molecule has 2 rings (SSSR count). The Balaban J connectivity index is 1.86. The Labute approximate surface area is 70.4 Å². The molecule has 2 fully saturated rings. The van der Waals surface area contributed by atoms with Crippen LogP contribution >= 0.6 is 0 Å². The molecule has 0 heterocycles. The standard InChI is InChI=1S/C11H20/c1-3-4-9-7-11-8(2)5-6-10(9)11/h8-11H,3-7H2,1-2H3. The largest absolute Gasteiger partial charge is 0.0654 e. The van der Waals surface area contributed by atoms with E-state index in [0.717, 1.165) is 23.7 Å². The van der Waals surface area contributed by atoms with E-state index in [4.69, 9.17) is 0 Å². The lowest BCUT2D eigenvalue weighted by Gasteiger charge is -2.42. The SMILES string of the molecule is CCCC1CC2C(C)CCC12. The van der Waals surface area contributed by atoms with Gasteiger partial charge in [-0.05, 0) is 36.5 Å². The van der Waals surface area contributed by atoms with Crippen molar-refractivity contribution in [2.24, 2.45) is 23.7 Å². The molecule has 0 heteroatoms. The Hall–Kier alpha value is 0. The van der Waals surface area contributed by atoms with Crippen molar-refractivity contribution in [1.29, 1.82) is 0 Å². The highest BCUT2D eigenvalue weighted by atomic mass is 14.5. The maximum absolute atomic E-state index is 2.45. The van der Waals surface area contributed by atoms with Crippen LogP contribution in [0.4, 0.5) is 0 Å². The van der Waals surface area contributed by atoms with Crippen LogP contribution < -0.4 is 0 Å². The average molecular weight is 152 g/mol. The smallest absolute Gasteiger partial charge is 0.0355 e. The molecular weight excluding hydrogens is 132 g/mol. The summed E-state index contributed by atoms with van der Waals surface area (Å²) in [5.74, 6) is 4.50. The number of fused-ring (bicyclic) bond motifs is 1. The summed E-state index contributed by atoms with van der Waals surface area (Å²) in [6, 6.07) is 0. The fourth-order valence-electron chi connectivity index (χ4n) is 3.33. The van der Waals surface area contributed by atoms with E-state index in [-0.39, 0.29) is 0 Å². The molecule has 4 unspecified atom stereocenters. The van der Waals surface area contributed by atoms with E-state index in [2.05, 4.69) is 13.8 Å². The molecule has 0 N–H and O–H groups in total. The molecule has 0 aromatic rings. The molecule has 0 nitrogen and oxygen atoms in total. The molecule has 11 heavy (non-hydrogen) atoms. The first kappa shape index (κ1) is 7.64. The molecular formula is C11H20. The van der Waals surface area contributed by atoms with Gasteiger partial charge in [-0.25, -0.2) is 0 Å². The van der Waals surface area contributed by atoms with Gasteiger partial charge in [0.15, 0.2) is 0 Å². The van der Waals surface area contributed by atoms with Crippen molar-refractivity contribution in [3.8, 4) is 0 Å². The Morgan fingerprint density at radius 2 is 2.00 bits per heavy atom. The van der Waals surface area contributed by atoms with E-state index < -0.39 is 0 Å². The zero-order valence-corrected chi connectivity index (χ0v) is 7.84. The second kappa shape index (κ2) is 2.80. The molecule has 2 saturated carbocycles. The van der Waals surface area contributed by atoms with Crippen LogP contribution in [0.15, 0.2) is 0 Å². The van der Waals surface area contributed by atoms with Gasteiger partial charge in [-0.1, -0.05) is 33.1 Å². The molecule has 0 amide bonds. The molecule has 0 bridgehead atoms. The van der Waals surface area contributed by atoms with Crippen LogP contribution in [0.2, 0.25) is 0 Å². The molecule has 2 aliphatic carbocycles. The van der Waals surface area contributed by atoms with Crippen LogP contribution in [-0.4, -0.2) is 0 Å². The third-order valence-electron chi connectivity index (χ3n) is 4.08. The minimum absolute atomic E-state index is 1.06. The third-order valence-corrected chi connectivity index (χ3v) is 4.08. The van der Waals surface area contributed by atoms with E-state index in [1.54, 1.807) is 12.8 Å². The highest BCUT2D eigenvalue weighted by Crippen LogP contribution is 2.55. The predicted octanol–water partition coefficient (Wildman–Crippen LogP) is 3.47. The minimum atomic E-state index is 1.06. The Morgan fingerprint density at radius 3 is 2.64 bits per heavy atom. The first-order valence-corrected chi connectivity index (χ1v) is 5.33. The topological polar surface area (TPSA) is 0 Å². The highest BCUT2D eigenvalue weighted by Gasteiger charge is 2.46. The first-order valence-electron chi connectivity index (χ1n) is 5.33. The zero-order chi connectivity index (χ0) is 7.84. The summed E-state index contributed by atoms with van der Waals surface area (Å²) >= 11 is 0. The molecule has 0 aromatic heterocycles. The van der Waals surface area contributed by atoms with E-state index in [1.807, 2.05) is 0 Å². The normalized spacial score (nSPS) is 48.5. The molecule has 0 radical (unpaired) electrons. The molecule has 64 valence electrons. The number of hydrogen-bond donors (Lipinski definition) is 0. The minimum Gasteiger partial charge on any atom is -0.0654 e. The maximum atomic E-state index is 2.45. The fourth-order valence-corrected chi connectivity index (χ4v) is 3.33. The van der Waals surface area contributed by atoms with Crippen LogP contribution in [0.3, 0.4) is 0 Å². The van der Waals surface area contributed by atoms with Gasteiger partial charge in [0.2, 0.25) is 0 Å². The maximum Gasteiger partial charge on any atom is -0.0355 e. The molecule has 0 spiro atoms. The van der Waals surface area contributed by atoms with Gasteiger partial charge >= 0.3 is 0 Å². The van der Waals surface area contributed by atoms with Crippen LogP contribution in [0, 0.1) is 23.7 Å². The third kappa shape index (κ3) is 1.11. The van der Waals surface area contributed by atoms with Crippen molar-refractivity contribution in [1.82, 2.24) is 0 Å². The van der Waals surface area contributed by atoms with Gasteiger partial charge in [0.25, 0.3) is 0 Å². The van der Waals surface area contributed by atoms with Gasteiger partial charge in [-0.2, -0.15) is 0 Å². The van der Waals surface area contributed by atoms with Gasteiger partial charge in [0, 0.05) is 0 Å². The fraction of sp³-hybridized carbons (Fsp3) is 1.00. The van der Waals surface area contributed by atoms with Crippen LogP contribution in [0.5, 0.6) is 0 Å². The molecule has 2 aliphatic rings. The summed E-state index contributed by atoms with van der Waals surface area (Å²) in [4.78, 5) is 0. The number of rotatable bonds is 2. The van der Waals surface area contributed by atoms with Crippen molar-refractivity contribution in [2.75, 3.05) is 0 Å². The second-order valence-corrected chi connectivity index (χ2v) is 4.67. The summed E-state index contributed by atoms with van der Waals surface area (Å²) in [6.07, 6.45) is 7.56. The predicted molar refractivity (Wildman–Crippen MR) is 48.4 cm³/mol. The lowest BCUT2D eigenvalue weighted by molar-refractivity contribution is 0.0710. The van der Waals surface area contributed by atoms with E-state index in [0.29, 0.717) is 0 Å². The second-order valence-electron chi connectivity index (χ2n) is 4.67. The average Bonchev–Trinajstić information content (AvgIpc) is 2.22. The summed E-state index contributed by atoms with van der Waals surface area (Å²) in [6.45, 7) is 4.78. The summed E-state index contributed by atoms with van der Waals surface area (Å²) < 4.78 is 0. The Bertz CT molecular complexity index is 139. The highest BCUT2D eigenvalue weighted by molar-refractivity contribution is 4.96. The lowest BCUT2D eigenvalue weighted by Crippen LogP contribution is -2.34. The van der Waals surface area contributed by atoms with Gasteiger partial charge in [-0.15, -0.1) is 0 Å². The van der Waals surface area contributed by atoms with E-state index >= 15 is 0 Å². The summed E-state index contributed by atoms with van der Waals surface area (Å²) in [7, 11) is 0. The molecule has 0 saturated heterocycles. The van der Waals surface area contributed by atoms with Gasteiger partial charge in [-0.3, -0.25) is 0 Å². The van der Waals surface area contributed by atoms with Gasteiger partial charge in [0.1, 0.15) is 0 Å². The zero-order valence-electron chi connectivity index (χ0n) is 7.84. The van der Waals surface area contributed by atoms with Gasteiger partial charge in [0.05, 0.1) is 0 Å². The van der Waals surface area contributed by atoms with Crippen LogP contribution in [0.1, 0.15) is 46.0 Å². The lowest BCUT2D eigenvalue weighted by atomic mass is 9.63. The van der Waals surface area contributed by atoms with Crippen LogP contribution in [-0.2, 0) is 0 Å². The van der Waals surface area contributed by atoms with Crippen molar-refractivity contribution < 1.29 is 0 Å². The first-order chi connectivity index (χ1) is 5.33. The monoisotopic (exact) mass is 152 g/mol.